The molecule has 25 heavy (non-hydrogen) atoms. The molecule has 4 nitrogen and oxygen atoms in total. The van der Waals surface area contributed by atoms with Gasteiger partial charge in [0.25, 0.3) is 0 Å². The molecule has 2 aromatic heterocycles. The van der Waals surface area contributed by atoms with Gasteiger partial charge in [0.2, 0.25) is 0 Å². The molecule has 1 aromatic carbocycles. The van der Waals surface area contributed by atoms with Crippen LogP contribution in [0.25, 0.3) is 10.9 Å². The minimum atomic E-state index is -0.272. The number of nitrogens with zero attached hydrogens (tertiary/aromatic N) is 4. The van der Waals surface area contributed by atoms with Crippen LogP contribution in [-0.2, 0) is 5.41 Å². The van der Waals surface area contributed by atoms with Gasteiger partial charge in [0.15, 0.2) is 0 Å². The van der Waals surface area contributed by atoms with Gasteiger partial charge >= 0.3 is 0 Å². The van der Waals surface area contributed by atoms with Gasteiger partial charge in [-0.15, -0.1) is 0 Å². The lowest BCUT2D eigenvalue weighted by Gasteiger charge is -2.50. The van der Waals surface area contributed by atoms with Crippen LogP contribution in [0.5, 0.6) is 0 Å². The van der Waals surface area contributed by atoms with E-state index in [0.717, 1.165) is 36.4 Å². The van der Waals surface area contributed by atoms with Gasteiger partial charge < -0.3 is 9.80 Å². The highest BCUT2D eigenvalue weighted by Crippen LogP contribution is 2.49. The molecule has 0 amide bonds. The first-order chi connectivity index (χ1) is 12.1. The first-order valence-corrected chi connectivity index (χ1v) is 9.01. The second kappa shape index (κ2) is 5.14. The third kappa shape index (κ3) is 2.10. The summed E-state index contributed by atoms with van der Waals surface area (Å²) in [5, 5.41) is 1.04. The largest absolute Gasteiger partial charge is 0.372 e. The fourth-order valence-corrected chi connectivity index (χ4v) is 4.65. The average Bonchev–Trinajstić information content (AvgIpc) is 2.89. The van der Waals surface area contributed by atoms with E-state index < -0.39 is 0 Å². The SMILES string of the molecule is CN1CC2(CN(c3cccnc3)C2)c2c1cnc1cc(F)c(Br)cc21. The van der Waals surface area contributed by atoms with E-state index in [1.807, 2.05) is 24.5 Å². The molecular formula is C19H16BrFN4. The first-order valence-electron chi connectivity index (χ1n) is 8.22. The van der Waals surface area contributed by atoms with E-state index in [-0.39, 0.29) is 11.2 Å². The number of likely N-dealkylation sites (N-methyl/N-ethyl adjacent to an activating group) is 1. The third-order valence-electron chi connectivity index (χ3n) is 5.37. The Morgan fingerprint density at radius 3 is 2.80 bits per heavy atom. The summed E-state index contributed by atoms with van der Waals surface area (Å²) in [5.41, 5.74) is 4.36. The van der Waals surface area contributed by atoms with E-state index in [2.05, 4.69) is 48.8 Å². The predicted octanol–water partition coefficient (Wildman–Crippen LogP) is 3.74. The predicted molar refractivity (Wildman–Crippen MR) is 101 cm³/mol. The van der Waals surface area contributed by atoms with Crippen molar-refractivity contribution in [2.24, 2.45) is 0 Å². The number of rotatable bonds is 1. The number of aromatic nitrogens is 2. The normalized spacial score (nSPS) is 17.9. The minimum absolute atomic E-state index is 0.0540. The quantitative estimate of drug-likeness (QED) is 0.624. The number of halogens is 2. The van der Waals surface area contributed by atoms with E-state index in [4.69, 9.17) is 0 Å². The second-order valence-electron chi connectivity index (χ2n) is 7.01. The molecule has 0 N–H and O–H groups in total. The van der Waals surface area contributed by atoms with Gasteiger partial charge in [-0.05, 0) is 39.7 Å². The molecule has 3 aromatic rings. The fraction of sp³-hybridized carbons (Fsp3) is 0.263. The summed E-state index contributed by atoms with van der Waals surface area (Å²) in [6.45, 7) is 2.82. The van der Waals surface area contributed by atoms with Crippen molar-refractivity contribution in [1.29, 1.82) is 0 Å². The van der Waals surface area contributed by atoms with E-state index >= 15 is 0 Å². The summed E-state index contributed by atoms with van der Waals surface area (Å²) in [7, 11) is 2.10. The Hall–Kier alpha value is -2.21. The molecule has 0 bridgehead atoms. The highest BCUT2D eigenvalue weighted by molar-refractivity contribution is 9.10. The molecule has 2 aliphatic rings. The van der Waals surface area contributed by atoms with E-state index in [9.17, 15) is 4.39 Å². The van der Waals surface area contributed by atoms with Gasteiger partial charge in [-0.1, -0.05) is 0 Å². The maximum absolute atomic E-state index is 13.9. The number of hydrogen-bond donors (Lipinski definition) is 0. The number of anilines is 2. The van der Waals surface area contributed by atoms with Crippen molar-refractivity contribution >= 4 is 38.2 Å². The molecule has 2 aliphatic heterocycles. The van der Waals surface area contributed by atoms with Crippen LogP contribution in [0.1, 0.15) is 5.56 Å². The summed E-state index contributed by atoms with van der Waals surface area (Å²) in [5.74, 6) is -0.272. The van der Waals surface area contributed by atoms with Gasteiger partial charge in [-0.3, -0.25) is 9.97 Å². The van der Waals surface area contributed by atoms with Gasteiger partial charge in [0.1, 0.15) is 5.82 Å². The third-order valence-corrected chi connectivity index (χ3v) is 5.98. The zero-order chi connectivity index (χ0) is 17.2. The van der Waals surface area contributed by atoms with Crippen LogP contribution in [0.15, 0.2) is 47.3 Å². The molecule has 4 heterocycles. The number of benzene rings is 1. The summed E-state index contributed by atoms with van der Waals surface area (Å²) in [6.07, 6.45) is 5.58. The van der Waals surface area contributed by atoms with Crippen LogP contribution in [0.3, 0.4) is 0 Å². The molecule has 0 atom stereocenters. The fourth-order valence-electron chi connectivity index (χ4n) is 4.31. The molecular weight excluding hydrogens is 383 g/mol. The number of fused-ring (bicyclic) bond motifs is 4. The molecule has 6 heteroatoms. The monoisotopic (exact) mass is 398 g/mol. The van der Waals surface area contributed by atoms with E-state index in [1.165, 1.54) is 11.6 Å². The summed E-state index contributed by atoms with van der Waals surface area (Å²) < 4.78 is 14.4. The lowest BCUT2D eigenvalue weighted by atomic mass is 9.74. The molecule has 1 fully saturated rings. The standard InChI is InChI=1S/C19H16BrFN4/c1-24-9-19(10-25(11-19)12-3-2-4-22-7-12)18-13-5-14(20)15(21)6-16(13)23-8-17(18)24/h2-8H,9-11H2,1H3. The van der Waals surface area contributed by atoms with Crippen LogP contribution < -0.4 is 9.80 Å². The summed E-state index contributed by atoms with van der Waals surface area (Å²) in [4.78, 5) is 13.3. The van der Waals surface area contributed by atoms with Crippen molar-refractivity contribution in [2.45, 2.75) is 5.41 Å². The van der Waals surface area contributed by atoms with Gasteiger partial charge in [-0.25, -0.2) is 4.39 Å². The maximum Gasteiger partial charge on any atom is 0.139 e. The molecule has 1 saturated heterocycles. The molecule has 0 aliphatic carbocycles. The zero-order valence-electron chi connectivity index (χ0n) is 13.7. The average molecular weight is 399 g/mol. The van der Waals surface area contributed by atoms with Crippen LogP contribution in [-0.4, -0.2) is 36.6 Å². The van der Waals surface area contributed by atoms with E-state index in [0.29, 0.717) is 9.99 Å². The lowest BCUT2D eigenvalue weighted by molar-refractivity contribution is 0.356. The highest BCUT2D eigenvalue weighted by atomic mass is 79.9. The van der Waals surface area contributed by atoms with Crippen molar-refractivity contribution in [2.75, 3.05) is 36.5 Å². The molecule has 5 rings (SSSR count). The Balaban J connectivity index is 1.62. The molecule has 1 spiro atoms. The molecule has 126 valence electrons. The number of hydrogen-bond acceptors (Lipinski definition) is 4. The van der Waals surface area contributed by atoms with Crippen LogP contribution >= 0.6 is 15.9 Å². The minimum Gasteiger partial charge on any atom is -0.372 e. The Morgan fingerprint density at radius 1 is 1.20 bits per heavy atom. The van der Waals surface area contributed by atoms with Crippen molar-refractivity contribution in [1.82, 2.24) is 9.97 Å². The van der Waals surface area contributed by atoms with Crippen molar-refractivity contribution in [3.05, 3.63) is 58.7 Å². The lowest BCUT2D eigenvalue weighted by Crippen LogP contribution is -2.61. The van der Waals surface area contributed by atoms with Gasteiger partial charge in [-0.2, -0.15) is 0 Å². The van der Waals surface area contributed by atoms with Crippen LogP contribution in [0.4, 0.5) is 15.8 Å². The van der Waals surface area contributed by atoms with Crippen LogP contribution in [0.2, 0.25) is 0 Å². The molecule has 0 unspecified atom stereocenters. The topological polar surface area (TPSA) is 32.3 Å². The highest BCUT2D eigenvalue weighted by Gasteiger charge is 2.51. The van der Waals surface area contributed by atoms with Crippen LogP contribution in [0, 0.1) is 5.82 Å². The van der Waals surface area contributed by atoms with Gasteiger partial charge in [0.05, 0.1) is 39.2 Å². The van der Waals surface area contributed by atoms with Crippen molar-refractivity contribution in [3.63, 3.8) is 0 Å². The first kappa shape index (κ1) is 15.1. The Bertz CT molecular complexity index is 986. The molecule has 0 saturated carbocycles. The van der Waals surface area contributed by atoms with Crippen molar-refractivity contribution in [3.8, 4) is 0 Å². The van der Waals surface area contributed by atoms with Crippen molar-refractivity contribution < 1.29 is 4.39 Å². The Labute approximate surface area is 153 Å². The maximum atomic E-state index is 13.9. The zero-order valence-corrected chi connectivity index (χ0v) is 15.3. The van der Waals surface area contributed by atoms with Gasteiger partial charge in [0, 0.05) is 44.3 Å². The Kier molecular flexibility index (Phi) is 3.10. The summed E-state index contributed by atoms with van der Waals surface area (Å²) in [6, 6.07) is 7.46. The second-order valence-corrected chi connectivity index (χ2v) is 7.86. The Morgan fingerprint density at radius 2 is 2.04 bits per heavy atom. The number of pyridine rings is 2. The smallest absolute Gasteiger partial charge is 0.139 e. The van der Waals surface area contributed by atoms with E-state index in [1.54, 1.807) is 6.20 Å². The molecule has 0 radical (unpaired) electrons. The summed E-state index contributed by atoms with van der Waals surface area (Å²) >= 11 is 3.33.